The van der Waals surface area contributed by atoms with E-state index in [-0.39, 0.29) is 16.7 Å². The normalized spacial score (nSPS) is 15.0. The molecule has 6 heteroatoms. The summed E-state index contributed by atoms with van der Waals surface area (Å²) in [6, 6.07) is 15.7. The monoisotopic (exact) mass is 341 g/mol. The fraction of sp³-hybridized carbons (Fsp3) is 0.368. The van der Waals surface area contributed by atoms with E-state index in [9.17, 15) is 10.1 Å². The van der Waals surface area contributed by atoms with Crippen molar-refractivity contribution < 1.29 is 9.66 Å². The Kier molecular flexibility index (Phi) is 5.38. The number of ether oxygens (including phenoxy) is 1. The van der Waals surface area contributed by atoms with Crippen molar-refractivity contribution in [3.63, 3.8) is 0 Å². The number of hydrogen-bond acceptors (Lipinski definition) is 5. The summed E-state index contributed by atoms with van der Waals surface area (Å²) in [5.74, 6) is 0.319. The summed E-state index contributed by atoms with van der Waals surface area (Å²) in [6.45, 7) is 4.09. The zero-order chi connectivity index (χ0) is 17.6. The molecule has 1 N–H and O–H groups in total. The van der Waals surface area contributed by atoms with Crippen LogP contribution < -0.4 is 15.0 Å². The molecule has 132 valence electrons. The van der Waals surface area contributed by atoms with Crippen molar-refractivity contribution in [3.05, 3.63) is 58.6 Å². The second kappa shape index (κ2) is 7.88. The highest BCUT2D eigenvalue weighted by Gasteiger charge is 2.25. The maximum atomic E-state index is 11.5. The van der Waals surface area contributed by atoms with Crippen LogP contribution >= 0.6 is 0 Å². The van der Waals surface area contributed by atoms with Crippen molar-refractivity contribution >= 4 is 17.1 Å². The molecule has 1 heterocycles. The lowest BCUT2D eigenvalue weighted by Crippen LogP contribution is -2.39. The van der Waals surface area contributed by atoms with Gasteiger partial charge >= 0.3 is 5.69 Å². The van der Waals surface area contributed by atoms with Gasteiger partial charge in [-0.25, -0.2) is 0 Å². The summed E-state index contributed by atoms with van der Waals surface area (Å²) in [5, 5.41) is 14.8. The summed E-state index contributed by atoms with van der Waals surface area (Å²) in [6.07, 6.45) is 1.87. The van der Waals surface area contributed by atoms with Gasteiger partial charge in [-0.2, -0.15) is 0 Å². The predicted molar refractivity (Wildman–Crippen MR) is 99.6 cm³/mol. The first-order valence-electron chi connectivity index (χ1n) is 8.65. The second-order valence-electron chi connectivity index (χ2n) is 6.08. The van der Waals surface area contributed by atoms with E-state index in [2.05, 4.69) is 22.3 Å². The van der Waals surface area contributed by atoms with Crippen molar-refractivity contribution in [2.45, 2.75) is 25.8 Å². The Labute approximate surface area is 147 Å². The van der Waals surface area contributed by atoms with Gasteiger partial charge in [0.2, 0.25) is 0 Å². The molecule has 2 aromatic carbocycles. The molecule has 0 amide bonds. The average Bonchev–Trinajstić information content (AvgIpc) is 2.63. The molecule has 1 aliphatic heterocycles. The summed E-state index contributed by atoms with van der Waals surface area (Å²) in [5.41, 5.74) is 1.79. The highest BCUT2D eigenvalue weighted by Crippen LogP contribution is 2.36. The molecular weight excluding hydrogens is 318 g/mol. The van der Waals surface area contributed by atoms with Crippen LogP contribution in [0.5, 0.6) is 5.75 Å². The van der Waals surface area contributed by atoms with E-state index in [1.54, 1.807) is 18.2 Å². The molecule has 6 nitrogen and oxygen atoms in total. The molecular formula is C19H23N3O3. The maximum absolute atomic E-state index is 11.5. The lowest BCUT2D eigenvalue weighted by molar-refractivity contribution is -0.385. The van der Waals surface area contributed by atoms with Crippen LogP contribution in [-0.2, 0) is 0 Å². The van der Waals surface area contributed by atoms with E-state index < -0.39 is 0 Å². The smallest absolute Gasteiger partial charge is 0.333 e. The first-order valence-corrected chi connectivity index (χ1v) is 8.65. The van der Waals surface area contributed by atoms with Crippen LogP contribution in [0.25, 0.3) is 0 Å². The molecule has 0 unspecified atom stereocenters. The molecule has 1 saturated heterocycles. The molecule has 0 aliphatic carbocycles. The van der Waals surface area contributed by atoms with Crippen LogP contribution in [0, 0.1) is 10.1 Å². The SMILES string of the molecule is CCOc1cccc(NC2CCN(c3ccccc3)CC2)c1[N+](=O)[O-]. The molecule has 0 spiro atoms. The van der Waals surface area contributed by atoms with Gasteiger partial charge in [-0.3, -0.25) is 10.1 Å². The zero-order valence-electron chi connectivity index (χ0n) is 14.4. The fourth-order valence-corrected chi connectivity index (χ4v) is 3.24. The fourth-order valence-electron chi connectivity index (χ4n) is 3.24. The minimum Gasteiger partial charge on any atom is -0.487 e. The van der Waals surface area contributed by atoms with Gasteiger partial charge in [0.15, 0.2) is 5.75 Å². The van der Waals surface area contributed by atoms with Crippen molar-refractivity contribution in [1.29, 1.82) is 0 Å². The van der Waals surface area contributed by atoms with Gasteiger partial charge in [0.05, 0.1) is 11.5 Å². The quantitative estimate of drug-likeness (QED) is 0.633. The zero-order valence-corrected chi connectivity index (χ0v) is 14.4. The first kappa shape index (κ1) is 17.1. The number of para-hydroxylation sites is 2. The molecule has 2 aromatic rings. The van der Waals surface area contributed by atoms with Crippen molar-refractivity contribution in [2.75, 3.05) is 29.9 Å². The number of nitro groups is 1. The molecule has 0 bridgehead atoms. The largest absolute Gasteiger partial charge is 0.487 e. The van der Waals surface area contributed by atoms with Crippen molar-refractivity contribution in [2.24, 2.45) is 0 Å². The summed E-state index contributed by atoms with van der Waals surface area (Å²) < 4.78 is 5.41. The van der Waals surface area contributed by atoms with Gasteiger partial charge in [-0.1, -0.05) is 24.3 Å². The Bertz CT molecular complexity index is 713. The van der Waals surface area contributed by atoms with Gasteiger partial charge in [0.1, 0.15) is 5.69 Å². The Balaban J connectivity index is 1.68. The van der Waals surface area contributed by atoms with E-state index in [4.69, 9.17) is 4.74 Å². The molecule has 1 fully saturated rings. The van der Waals surface area contributed by atoms with Gasteiger partial charge < -0.3 is 15.0 Å². The van der Waals surface area contributed by atoms with Crippen molar-refractivity contribution in [1.82, 2.24) is 0 Å². The minimum atomic E-state index is -0.369. The summed E-state index contributed by atoms with van der Waals surface area (Å²) in [7, 11) is 0. The number of nitro benzene ring substituents is 1. The van der Waals surface area contributed by atoms with E-state index in [1.165, 1.54) is 5.69 Å². The molecule has 25 heavy (non-hydrogen) atoms. The minimum absolute atomic E-state index is 0.0230. The van der Waals surface area contributed by atoms with Gasteiger partial charge in [0, 0.05) is 24.8 Å². The lowest BCUT2D eigenvalue weighted by Gasteiger charge is -2.34. The van der Waals surface area contributed by atoms with Gasteiger partial charge in [0.25, 0.3) is 0 Å². The van der Waals surface area contributed by atoms with E-state index >= 15 is 0 Å². The number of rotatable bonds is 6. The van der Waals surface area contributed by atoms with Crippen LogP contribution in [0.2, 0.25) is 0 Å². The van der Waals surface area contributed by atoms with Crippen molar-refractivity contribution in [3.8, 4) is 5.75 Å². The standard InChI is InChI=1S/C19H23N3O3/c1-2-25-18-10-6-9-17(19(18)22(23)24)20-15-11-13-21(14-12-15)16-7-4-3-5-8-16/h3-10,15,20H,2,11-14H2,1H3. The van der Waals surface area contributed by atoms with E-state index in [1.807, 2.05) is 25.1 Å². The Hall–Kier alpha value is -2.76. The van der Waals surface area contributed by atoms with E-state index in [0.29, 0.717) is 18.0 Å². The summed E-state index contributed by atoms with van der Waals surface area (Å²) >= 11 is 0. The Morgan fingerprint density at radius 2 is 1.88 bits per heavy atom. The van der Waals surface area contributed by atoms with Gasteiger partial charge in [-0.15, -0.1) is 0 Å². The number of nitrogens with zero attached hydrogens (tertiary/aromatic N) is 2. The number of nitrogens with one attached hydrogen (secondary N) is 1. The topological polar surface area (TPSA) is 67.6 Å². The summed E-state index contributed by atoms with van der Waals surface area (Å²) in [4.78, 5) is 13.5. The first-order chi connectivity index (χ1) is 12.2. The van der Waals surface area contributed by atoms with Crippen LogP contribution in [-0.4, -0.2) is 30.7 Å². The molecule has 1 aliphatic rings. The predicted octanol–water partition coefficient (Wildman–Crippen LogP) is 4.07. The van der Waals surface area contributed by atoms with Gasteiger partial charge in [-0.05, 0) is 44.0 Å². The van der Waals surface area contributed by atoms with Crippen LogP contribution in [0.15, 0.2) is 48.5 Å². The molecule has 3 rings (SSSR count). The van der Waals surface area contributed by atoms with Crippen LogP contribution in [0.4, 0.5) is 17.1 Å². The van der Waals surface area contributed by atoms with E-state index in [0.717, 1.165) is 25.9 Å². The number of benzene rings is 2. The number of hydrogen-bond donors (Lipinski definition) is 1. The molecule has 0 aromatic heterocycles. The van der Waals surface area contributed by atoms with Crippen LogP contribution in [0.3, 0.4) is 0 Å². The Morgan fingerprint density at radius 1 is 1.16 bits per heavy atom. The number of anilines is 2. The molecule has 0 saturated carbocycles. The second-order valence-corrected chi connectivity index (χ2v) is 6.08. The highest BCUT2D eigenvalue weighted by molar-refractivity contribution is 5.68. The third-order valence-corrected chi connectivity index (χ3v) is 4.46. The third-order valence-electron chi connectivity index (χ3n) is 4.46. The average molecular weight is 341 g/mol. The number of piperidine rings is 1. The maximum Gasteiger partial charge on any atom is 0.333 e. The molecule has 0 atom stereocenters. The molecule has 0 radical (unpaired) electrons. The van der Waals surface area contributed by atoms with Crippen LogP contribution in [0.1, 0.15) is 19.8 Å². The third kappa shape index (κ3) is 4.02. The highest BCUT2D eigenvalue weighted by atomic mass is 16.6. The Morgan fingerprint density at radius 3 is 2.52 bits per heavy atom. The lowest BCUT2D eigenvalue weighted by atomic mass is 10.0.